The Labute approximate surface area is 86.8 Å². The summed E-state index contributed by atoms with van der Waals surface area (Å²) in [6.45, 7) is 0.516. The lowest BCUT2D eigenvalue weighted by Crippen LogP contribution is -2.05. The fourth-order valence-electron chi connectivity index (χ4n) is 1.32. The number of rotatable bonds is 2. The Morgan fingerprint density at radius 1 is 1.40 bits per heavy atom. The average molecular weight is 199 g/mol. The Kier molecular flexibility index (Phi) is 2.33. The number of hydrogen-bond acceptors (Lipinski definition) is 4. The van der Waals surface area contributed by atoms with Crippen molar-refractivity contribution >= 4 is 5.95 Å². The third-order valence-electron chi connectivity index (χ3n) is 2.09. The molecule has 0 saturated carbocycles. The molecule has 0 spiro atoms. The van der Waals surface area contributed by atoms with Gasteiger partial charge in [-0.25, -0.2) is 9.97 Å². The molecule has 0 unspecified atom stereocenters. The molecule has 5 nitrogen and oxygen atoms in total. The molecule has 0 atom stereocenters. The summed E-state index contributed by atoms with van der Waals surface area (Å²) in [5.41, 5.74) is 6.89. The van der Waals surface area contributed by atoms with Gasteiger partial charge in [-0.2, -0.15) is 5.26 Å². The first-order valence-corrected chi connectivity index (χ1v) is 4.42. The maximum absolute atomic E-state index is 8.85. The van der Waals surface area contributed by atoms with Crippen LogP contribution in [0.25, 0.3) is 0 Å². The van der Waals surface area contributed by atoms with Crippen molar-refractivity contribution in [2.45, 2.75) is 6.54 Å². The van der Waals surface area contributed by atoms with Gasteiger partial charge in [-0.05, 0) is 6.07 Å². The van der Waals surface area contributed by atoms with Crippen molar-refractivity contribution in [3.8, 4) is 6.07 Å². The van der Waals surface area contributed by atoms with Crippen LogP contribution in [0.5, 0.6) is 0 Å². The molecule has 0 saturated heterocycles. The molecule has 2 aromatic rings. The predicted octanol–water partition coefficient (Wildman–Crippen LogP) is 0.780. The largest absolute Gasteiger partial charge is 0.369 e. The summed E-state index contributed by atoms with van der Waals surface area (Å²) in [5.74, 6) is 0.433. The maximum Gasteiger partial charge on any atom is 0.200 e. The van der Waals surface area contributed by atoms with Crippen LogP contribution in [-0.4, -0.2) is 14.5 Å². The van der Waals surface area contributed by atoms with E-state index in [4.69, 9.17) is 11.0 Å². The Morgan fingerprint density at radius 2 is 2.27 bits per heavy atom. The number of anilines is 1. The van der Waals surface area contributed by atoms with Crippen molar-refractivity contribution in [3.63, 3.8) is 0 Å². The molecule has 0 aliphatic carbocycles. The molecule has 0 aromatic carbocycles. The lowest BCUT2D eigenvalue weighted by molar-refractivity contribution is 0.803. The smallest absolute Gasteiger partial charge is 0.200 e. The van der Waals surface area contributed by atoms with E-state index in [1.54, 1.807) is 29.2 Å². The van der Waals surface area contributed by atoms with E-state index in [1.165, 1.54) is 0 Å². The molecular formula is C10H9N5. The van der Waals surface area contributed by atoms with Gasteiger partial charge in [0.2, 0.25) is 0 Å². The highest BCUT2D eigenvalue weighted by Crippen LogP contribution is 2.09. The van der Waals surface area contributed by atoms with Crippen molar-refractivity contribution in [1.82, 2.24) is 14.5 Å². The summed E-state index contributed by atoms with van der Waals surface area (Å²) < 4.78 is 1.76. The second-order valence-electron chi connectivity index (χ2n) is 3.04. The number of aromatic nitrogens is 3. The molecule has 5 heteroatoms. The van der Waals surface area contributed by atoms with Crippen LogP contribution in [0.15, 0.2) is 30.7 Å². The van der Waals surface area contributed by atoms with Gasteiger partial charge in [-0.15, -0.1) is 0 Å². The van der Waals surface area contributed by atoms with Crippen LogP contribution in [0.1, 0.15) is 11.3 Å². The Morgan fingerprint density at radius 3 is 2.93 bits per heavy atom. The van der Waals surface area contributed by atoms with Gasteiger partial charge in [0.25, 0.3) is 0 Å². The van der Waals surface area contributed by atoms with Crippen LogP contribution in [0.3, 0.4) is 0 Å². The summed E-state index contributed by atoms with van der Waals surface area (Å²) in [6.07, 6.45) is 4.99. The maximum atomic E-state index is 8.85. The van der Waals surface area contributed by atoms with E-state index >= 15 is 0 Å². The van der Waals surface area contributed by atoms with Crippen LogP contribution < -0.4 is 5.73 Å². The SMILES string of the molecule is N#Cc1ncccc1Cn1ccnc1N. The minimum absolute atomic E-state index is 0.422. The quantitative estimate of drug-likeness (QED) is 0.775. The van der Waals surface area contributed by atoms with E-state index < -0.39 is 0 Å². The van der Waals surface area contributed by atoms with Crippen LogP contribution in [0.2, 0.25) is 0 Å². The Balaban J connectivity index is 2.33. The second-order valence-corrected chi connectivity index (χ2v) is 3.04. The van der Waals surface area contributed by atoms with E-state index in [1.807, 2.05) is 12.1 Å². The highest BCUT2D eigenvalue weighted by atomic mass is 15.1. The van der Waals surface area contributed by atoms with Gasteiger partial charge in [-0.1, -0.05) is 6.07 Å². The average Bonchev–Trinajstić information content (AvgIpc) is 2.65. The van der Waals surface area contributed by atoms with Crippen LogP contribution >= 0.6 is 0 Å². The van der Waals surface area contributed by atoms with Gasteiger partial charge in [-0.3, -0.25) is 0 Å². The van der Waals surface area contributed by atoms with Crippen LogP contribution in [-0.2, 0) is 6.54 Å². The summed E-state index contributed by atoms with van der Waals surface area (Å²) in [7, 11) is 0. The fourth-order valence-corrected chi connectivity index (χ4v) is 1.32. The topological polar surface area (TPSA) is 80.5 Å². The third kappa shape index (κ3) is 1.79. The minimum Gasteiger partial charge on any atom is -0.369 e. The zero-order valence-electron chi connectivity index (χ0n) is 7.96. The molecule has 2 N–H and O–H groups in total. The number of hydrogen-bond donors (Lipinski definition) is 1. The third-order valence-corrected chi connectivity index (χ3v) is 2.09. The molecule has 2 aromatic heterocycles. The summed E-state index contributed by atoms with van der Waals surface area (Å²) in [4.78, 5) is 7.88. The first-order chi connectivity index (χ1) is 7.31. The zero-order chi connectivity index (χ0) is 10.7. The zero-order valence-corrected chi connectivity index (χ0v) is 7.96. The van der Waals surface area contributed by atoms with E-state index in [9.17, 15) is 0 Å². The molecule has 74 valence electrons. The van der Waals surface area contributed by atoms with Crippen molar-refractivity contribution in [3.05, 3.63) is 42.0 Å². The molecule has 0 amide bonds. The second kappa shape index (κ2) is 3.80. The highest BCUT2D eigenvalue weighted by Gasteiger charge is 2.04. The van der Waals surface area contributed by atoms with Crippen molar-refractivity contribution < 1.29 is 0 Å². The normalized spacial score (nSPS) is 9.80. The molecule has 0 aliphatic heterocycles. The number of nitrogen functional groups attached to an aromatic ring is 1. The molecule has 0 aliphatic rings. The van der Waals surface area contributed by atoms with E-state index in [0.717, 1.165) is 5.56 Å². The lowest BCUT2D eigenvalue weighted by atomic mass is 10.2. The van der Waals surface area contributed by atoms with Gasteiger partial charge in [0.1, 0.15) is 11.8 Å². The number of nitrogens with two attached hydrogens (primary N) is 1. The minimum atomic E-state index is 0.422. The van der Waals surface area contributed by atoms with Gasteiger partial charge in [0.15, 0.2) is 5.95 Å². The van der Waals surface area contributed by atoms with E-state index in [0.29, 0.717) is 18.2 Å². The summed E-state index contributed by atoms with van der Waals surface area (Å²) in [5, 5.41) is 8.85. The summed E-state index contributed by atoms with van der Waals surface area (Å²) in [6, 6.07) is 5.69. The first-order valence-electron chi connectivity index (χ1n) is 4.42. The fraction of sp³-hybridized carbons (Fsp3) is 0.100. The highest BCUT2D eigenvalue weighted by molar-refractivity contribution is 5.32. The number of nitrogens with zero attached hydrogens (tertiary/aromatic N) is 4. The Bertz CT molecular complexity index is 509. The van der Waals surface area contributed by atoms with Crippen LogP contribution in [0, 0.1) is 11.3 Å². The van der Waals surface area contributed by atoms with E-state index in [-0.39, 0.29) is 0 Å². The molecule has 2 heterocycles. The van der Waals surface area contributed by atoms with Crippen molar-refractivity contribution in [1.29, 1.82) is 5.26 Å². The Hall–Kier alpha value is -2.35. The molecule has 0 fully saturated rings. The van der Waals surface area contributed by atoms with Crippen LogP contribution in [0.4, 0.5) is 5.95 Å². The first kappa shape index (κ1) is 9.21. The van der Waals surface area contributed by atoms with Gasteiger partial charge < -0.3 is 10.3 Å². The molecule has 2 rings (SSSR count). The number of nitriles is 1. The molecule has 0 radical (unpaired) electrons. The standard InChI is InChI=1S/C10H9N5/c11-6-9-8(2-1-3-13-9)7-15-5-4-14-10(15)12/h1-5H,7H2,(H2,12,14). The molecule has 0 bridgehead atoms. The molecular weight excluding hydrogens is 190 g/mol. The lowest BCUT2D eigenvalue weighted by Gasteiger charge is -2.05. The van der Waals surface area contributed by atoms with Crippen molar-refractivity contribution in [2.75, 3.05) is 5.73 Å². The predicted molar refractivity (Wildman–Crippen MR) is 54.7 cm³/mol. The molecule has 15 heavy (non-hydrogen) atoms. The number of imidazole rings is 1. The van der Waals surface area contributed by atoms with E-state index in [2.05, 4.69) is 9.97 Å². The summed E-state index contributed by atoms with van der Waals surface area (Å²) >= 11 is 0. The van der Waals surface area contributed by atoms with Crippen molar-refractivity contribution in [2.24, 2.45) is 0 Å². The number of pyridine rings is 1. The monoisotopic (exact) mass is 199 g/mol. The van der Waals surface area contributed by atoms with Gasteiger partial charge in [0.05, 0.1) is 6.54 Å². The van der Waals surface area contributed by atoms with Gasteiger partial charge >= 0.3 is 0 Å². The van der Waals surface area contributed by atoms with Gasteiger partial charge in [0, 0.05) is 24.2 Å².